The van der Waals surface area contributed by atoms with Gasteiger partial charge in [-0.1, -0.05) is 72.8 Å². The lowest BCUT2D eigenvalue weighted by Gasteiger charge is -2.32. The largest absolute Gasteiger partial charge is 0.485 e. The molecule has 0 unspecified atom stereocenters. The third kappa shape index (κ3) is 3.35. The predicted molar refractivity (Wildman–Crippen MR) is 119 cm³/mol. The van der Waals surface area contributed by atoms with Gasteiger partial charge in [0.05, 0.1) is 11.8 Å². The number of rotatable bonds is 5. The van der Waals surface area contributed by atoms with Crippen molar-refractivity contribution in [2.24, 2.45) is 4.99 Å². The average Bonchev–Trinajstić information content (AvgIpc) is 3.16. The minimum atomic E-state index is -0.344. The van der Waals surface area contributed by atoms with Crippen LogP contribution < -0.4 is 5.32 Å². The highest BCUT2D eigenvalue weighted by Gasteiger charge is 2.42. The maximum absolute atomic E-state index is 6.19. The van der Waals surface area contributed by atoms with E-state index in [0.29, 0.717) is 6.61 Å². The molecule has 4 heteroatoms. The van der Waals surface area contributed by atoms with Gasteiger partial charge in [0, 0.05) is 11.6 Å². The first kappa shape index (κ1) is 18.5. The number of benzene rings is 2. The molecule has 1 aliphatic carbocycles. The van der Waals surface area contributed by atoms with Crippen LogP contribution in [0.3, 0.4) is 0 Å². The van der Waals surface area contributed by atoms with E-state index in [1.54, 1.807) is 6.26 Å². The fourth-order valence-electron chi connectivity index (χ4n) is 4.24. The lowest BCUT2D eigenvalue weighted by molar-refractivity contribution is 0.247. The van der Waals surface area contributed by atoms with Crippen molar-refractivity contribution >= 4 is 5.84 Å². The zero-order chi connectivity index (χ0) is 20.4. The Hall–Kier alpha value is -3.53. The maximum Gasteiger partial charge on any atom is 0.145 e. The highest BCUT2D eigenvalue weighted by atomic mass is 16.5. The molecule has 0 radical (unpaired) electrons. The Morgan fingerprint density at radius 1 is 1.10 bits per heavy atom. The van der Waals surface area contributed by atoms with E-state index in [2.05, 4.69) is 66.8 Å². The summed E-state index contributed by atoms with van der Waals surface area (Å²) in [6.07, 6.45) is 10.4. The lowest BCUT2D eigenvalue weighted by Crippen LogP contribution is -2.42. The third-order valence-corrected chi connectivity index (χ3v) is 5.80. The van der Waals surface area contributed by atoms with Crippen molar-refractivity contribution in [3.8, 4) is 0 Å². The molecule has 2 atom stereocenters. The molecule has 5 rings (SSSR count). The Bertz CT molecular complexity index is 1080. The Kier molecular flexibility index (Phi) is 4.75. The molecule has 3 aliphatic rings. The van der Waals surface area contributed by atoms with Crippen molar-refractivity contribution in [2.75, 3.05) is 6.61 Å². The second-order valence-corrected chi connectivity index (χ2v) is 7.80. The highest BCUT2D eigenvalue weighted by molar-refractivity contribution is 5.87. The lowest BCUT2D eigenvalue weighted by atomic mass is 9.82. The molecule has 2 aromatic carbocycles. The van der Waals surface area contributed by atoms with E-state index in [1.165, 1.54) is 11.1 Å². The van der Waals surface area contributed by atoms with Gasteiger partial charge < -0.3 is 14.8 Å². The van der Waals surface area contributed by atoms with Crippen LogP contribution in [0.1, 0.15) is 30.5 Å². The molecular formula is C26H24N2O2. The van der Waals surface area contributed by atoms with Gasteiger partial charge in [0.15, 0.2) is 0 Å². The van der Waals surface area contributed by atoms with Crippen molar-refractivity contribution in [3.05, 3.63) is 119 Å². The van der Waals surface area contributed by atoms with Crippen molar-refractivity contribution in [1.29, 1.82) is 0 Å². The van der Waals surface area contributed by atoms with Crippen LogP contribution >= 0.6 is 0 Å². The Balaban J connectivity index is 1.42. The zero-order valence-corrected chi connectivity index (χ0v) is 16.9. The van der Waals surface area contributed by atoms with Gasteiger partial charge in [-0.2, -0.15) is 0 Å². The fraction of sp³-hybridized carbons (Fsp3) is 0.192. The SMILES string of the molecule is C[C@@]1(c2ccccc2)NC(COC2=C3CC=CC=C3OC=C2)=N[C@@H]1c1ccccc1. The normalized spacial score (nSPS) is 24.5. The summed E-state index contributed by atoms with van der Waals surface area (Å²) in [7, 11) is 0. The van der Waals surface area contributed by atoms with Gasteiger partial charge in [-0.25, -0.2) is 0 Å². The van der Waals surface area contributed by atoms with E-state index < -0.39 is 0 Å². The number of hydrogen-bond donors (Lipinski definition) is 1. The van der Waals surface area contributed by atoms with Gasteiger partial charge in [0.25, 0.3) is 0 Å². The van der Waals surface area contributed by atoms with Crippen LogP contribution in [0.5, 0.6) is 0 Å². The van der Waals surface area contributed by atoms with Crippen LogP contribution in [0.15, 0.2) is 113 Å². The molecule has 0 aromatic heterocycles. The highest BCUT2D eigenvalue weighted by Crippen LogP contribution is 2.41. The Morgan fingerprint density at radius 3 is 2.67 bits per heavy atom. The monoisotopic (exact) mass is 396 g/mol. The number of ether oxygens (including phenoxy) is 2. The van der Waals surface area contributed by atoms with E-state index in [-0.39, 0.29) is 11.6 Å². The van der Waals surface area contributed by atoms with Crippen LogP contribution in [-0.4, -0.2) is 12.4 Å². The Labute approximate surface area is 176 Å². The molecule has 0 saturated carbocycles. The number of fused-ring (bicyclic) bond motifs is 1. The van der Waals surface area contributed by atoms with E-state index >= 15 is 0 Å². The second kappa shape index (κ2) is 7.71. The van der Waals surface area contributed by atoms with Gasteiger partial charge >= 0.3 is 0 Å². The molecule has 0 saturated heterocycles. The quantitative estimate of drug-likeness (QED) is 0.745. The molecule has 1 N–H and O–H groups in total. The molecule has 0 spiro atoms. The van der Waals surface area contributed by atoms with Crippen LogP contribution in [0.2, 0.25) is 0 Å². The standard InChI is InChI=1S/C26H24N2O2/c1-26(20-12-6-3-7-13-20)25(19-10-4-2-5-11-19)27-24(28-26)18-30-23-16-17-29-22-15-9-8-14-21(22)23/h2-13,15-17,25H,14,18H2,1H3,(H,27,28)/t25-,26+/m1/s1. The summed E-state index contributed by atoms with van der Waals surface area (Å²) >= 11 is 0. The summed E-state index contributed by atoms with van der Waals surface area (Å²) < 4.78 is 11.8. The number of allylic oxidation sites excluding steroid dienone is 5. The number of amidine groups is 1. The van der Waals surface area contributed by atoms with Crippen molar-refractivity contribution in [2.45, 2.75) is 24.9 Å². The smallest absolute Gasteiger partial charge is 0.145 e. The maximum atomic E-state index is 6.19. The predicted octanol–water partition coefficient (Wildman–Crippen LogP) is 5.30. The number of nitrogens with zero attached hydrogens (tertiary/aromatic N) is 1. The van der Waals surface area contributed by atoms with Crippen LogP contribution in [0.25, 0.3) is 0 Å². The van der Waals surface area contributed by atoms with Crippen LogP contribution in [0.4, 0.5) is 0 Å². The second-order valence-electron chi connectivity index (χ2n) is 7.80. The number of aliphatic imine (C=N–C) groups is 1. The van der Waals surface area contributed by atoms with E-state index in [9.17, 15) is 0 Å². The molecule has 2 aliphatic heterocycles. The molecule has 0 fully saturated rings. The van der Waals surface area contributed by atoms with Gasteiger partial charge in [0.1, 0.15) is 30.0 Å². The van der Waals surface area contributed by atoms with Gasteiger partial charge in [-0.15, -0.1) is 0 Å². The summed E-state index contributed by atoms with van der Waals surface area (Å²) in [6, 6.07) is 20.9. The van der Waals surface area contributed by atoms with Gasteiger partial charge in [-0.05, 0) is 30.5 Å². The zero-order valence-electron chi connectivity index (χ0n) is 16.9. The Morgan fingerprint density at radius 2 is 1.87 bits per heavy atom. The first-order valence-electron chi connectivity index (χ1n) is 10.3. The first-order chi connectivity index (χ1) is 14.7. The summed E-state index contributed by atoms with van der Waals surface area (Å²) in [6.45, 7) is 2.59. The molecule has 30 heavy (non-hydrogen) atoms. The van der Waals surface area contributed by atoms with Crippen molar-refractivity contribution in [3.63, 3.8) is 0 Å². The van der Waals surface area contributed by atoms with E-state index in [0.717, 1.165) is 29.3 Å². The third-order valence-electron chi connectivity index (χ3n) is 5.80. The topological polar surface area (TPSA) is 42.8 Å². The summed E-state index contributed by atoms with van der Waals surface area (Å²) in [5.41, 5.74) is 3.11. The first-order valence-corrected chi connectivity index (χ1v) is 10.3. The molecule has 0 amide bonds. The summed E-state index contributed by atoms with van der Waals surface area (Å²) in [4.78, 5) is 5.05. The summed E-state index contributed by atoms with van der Waals surface area (Å²) in [5.74, 6) is 2.54. The van der Waals surface area contributed by atoms with Crippen molar-refractivity contribution in [1.82, 2.24) is 5.32 Å². The number of hydrogen-bond acceptors (Lipinski definition) is 4. The molecular weight excluding hydrogens is 372 g/mol. The number of nitrogens with one attached hydrogen (secondary N) is 1. The molecule has 2 heterocycles. The van der Waals surface area contributed by atoms with Crippen molar-refractivity contribution < 1.29 is 9.47 Å². The van der Waals surface area contributed by atoms with Crippen LogP contribution in [-0.2, 0) is 15.0 Å². The summed E-state index contributed by atoms with van der Waals surface area (Å²) in [5, 5.41) is 3.66. The van der Waals surface area contributed by atoms with E-state index in [1.807, 2.05) is 30.4 Å². The minimum Gasteiger partial charge on any atom is -0.485 e. The van der Waals surface area contributed by atoms with Gasteiger partial charge in [-0.3, -0.25) is 4.99 Å². The molecule has 2 aromatic rings. The minimum absolute atomic E-state index is 0.0318. The molecule has 150 valence electrons. The van der Waals surface area contributed by atoms with Gasteiger partial charge in [0.2, 0.25) is 0 Å². The fourth-order valence-corrected chi connectivity index (χ4v) is 4.24. The molecule has 0 bridgehead atoms. The average molecular weight is 396 g/mol. The molecule has 4 nitrogen and oxygen atoms in total. The van der Waals surface area contributed by atoms with E-state index in [4.69, 9.17) is 14.5 Å². The van der Waals surface area contributed by atoms with Crippen LogP contribution in [0, 0.1) is 0 Å².